The zero-order chi connectivity index (χ0) is 18.8. The number of rotatable bonds is 4. The van der Waals surface area contributed by atoms with Crippen LogP contribution in [0.2, 0.25) is 0 Å². The average molecular weight is 375 g/mol. The molecule has 1 aromatic carbocycles. The van der Waals surface area contributed by atoms with Crippen LogP contribution in [-0.2, 0) is 0 Å². The fourth-order valence-electron chi connectivity index (χ4n) is 2.82. The average Bonchev–Trinajstić information content (AvgIpc) is 3.28. The van der Waals surface area contributed by atoms with Crippen molar-refractivity contribution in [3.63, 3.8) is 0 Å². The number of thiazole rings is 1. The minimum Gasteiger partial charge on any atom is -0.298 e. The molecule has 0 unspecified atom stereocenters. The molecule has 1 amide bonds. The molecule has 27 heavy (non-hydrogen) atoms. The first-order valence-corrected chi connectivity index (χ1v) is 9.29. The van der Waals surface area contributed by atoms with Crippen LogP contribution in [-0.4, -0.2) is 25.7 Å². The molecular weight excluding hydrogens is 358 g/mol. The summed E-state index contributed by atoms with van der Waals surface area (Å²) in [6.45, 7) is 3.94. The number of nitrogens with zero attached hydrogens (tertiary/aromatic N) is 4. The van der Waals surface area contributed by atoms with Gasteiger partial charge in [-0.25, -0.2) is 9.67 Å². The molecular formula is C20H17N5OS. The van der Waals surface area contributed by atoms with Crippen LogP contribution in [0, 0.1) is 13.8 Å². The Morgan fingerprint density at radius 2 is 2.04 bits per heavy atom. The summed E-state index contributed by atoms with van der Waals surface area (Å²) >= 11 is 1.39. The van der Waals surface area contributed by atoms with Crippen LogP contribution >= 0.6 is 11.3 Å². The fourth-order valence-corrected chi connectivity index (χ4v) is 3.53. The number of hydrogen-bond acceptors (Lipinski definition) is 5. The third kappa shape index (κ3) is 3.63. The van der Waals surface area contributed by atoms with Gasteiger partial charge in [-0.05, 0) is 50.2 Å². The minimum absolute atomic E-state index is 0.203. The van der Waals surface area contributed by atoms with Crippen LogP contribution in [0.15, 0.2) is 60.2 Å². The van der Waals surface area contributed by atoms with Crippen molar-refractivity contribution in [2.45, 2.75) is 13.8 Å². The second-order valence-corrected chi connectivity index (χ2v) is 6.98. The first kappa shape index (κ1) is 17.1. The molecule has 6 nitrogen and oxygen atoms in total. The molecule has 0 fully saturated rings. The van der Waals surface area contributed by atoms with Crippen molar-refractivity contribution >= 4 is 22.4 Å². The van der Waals surface area contributed by atoms with Gasteiger partial charge < -0.3 is 0 Å². The molecule has 134 valence electrons. The van der Waals surface area contributed by atoms with Gasteiger partial charge in [-0.15, -0.1) is 11.3 Å². The maximum Gasteiger partial charge on any atom is 0.257 e. The van der Waals surface area contributed by atoms with E-state index in [2.05, 4.69) is 20.4 Å². The molecule has 0 atom stereocenters. The van der Waals surface area contributed by atoms with Gasteiger partial charge in [0, 0.05) is 34.6 Å². The van der Waals surface area contributed by atoms with Gasteiger partial charge in [0.1, 0.15) is 0 Å². The maximum absolute atomic E-state index is 12.6. The molecule has 0 aliphatic carbocycles. The SMILES string of the molecule is Cc1cc(C)n(-c2cccc(C(=O)Nc3nc(-c4cccnc4)cs3)c2)n1. The molecule has 3 aromatic heterocycles. The van der Waals surface area contributed by atoms with Gasteiger partial charge in [0.25, 0.3) is 5.91 Å². The Balaban J connectivity index is 1.55. The monoisotopic (exact) mass is 375 g/mol. The number of pyridine rings is 1. The van der Waals surface area contributed by atoms with Gasteiger partial charge in [0.05, 0.1) is 17.1 Å². The number of anilines is 1. The number of nitrogens with one attached hydrogen (secondary N) is 1. The molecule has 0 aliphatic heterocycles. The van der Waals surface area contributed by atoms with Gasteiger partial charge in [-0.2, -0.15) is 5.10 Å². The number of amides is 1. The molecule has 7 heteroatoms. The zero-order valence-electron chi connectivity index (χ0n) is 14.9. The van der Waals surface area contributed by atoms with Crippen molar-refractivity contribution in [3.8, 4) is 16.9 Å². The van der Waals surface area contributed by atoms with Crippen LogP contribution in [0.1, 0.15) is 21.7 Å². The Labute approximate surface area is 160 Å². The molecule has 0 radical (unpaired) electrons. The second-order valence-electron chi connectivity index (χ2n) is 6.12. The van der Waals surface area contributed by atoms with Gasteiger partial charge in [0.2, 0.25) is 0 Å². The molecule has 4 rings (SSSR count). The lowest BCUT2D eigenvalue weighted by molar-refractivity contribution is 0.102. The summed E-state index contributed by atoms with van der Waals surface area (Å²) in [5, 5.41) is 9.79. The maximum atomic E-state index is 12.6. The summed E-state index contributed by atoms with van der Waals surface area (Å²) in [6, 6.07) is 13.2. The highest BCUT2D eigenvalue weighted by Crippen LogP contribution is 2.24. The molecule has 0 saturated heterocycles. The van der Waals surface area contributed by atoms with Crippen molar-refractivity contribution in [1.82, 2.24) is 19.7 Å². The van der Waals surface area contributed by atoms with E-state index in [1.165, 1.54) is 11.3 Å². The standard InChI is InChI=1S/C20H17N5OS/c1-13-9-14(2)25(24-13)17-7-3-5-15(10-17)19(26)23-20-22-18(12-27-20)16-6-4-8-21-11-16/h3-12H,1-2H3,(H,22,23,26). The number of hydrogen-bond donors (Lipinski definition) is 1. The Hall–Kier alpha value is -3.32. The van der Waals surface area contributed by atoms with E-state index in [4.69, 9.17) is 0 Å². The van der Waals surface area contributed by atoms with Crippen molar-refractivity contribution in [2.24, 2.45) is 0 Å². The first-order chi connectivity index (χ1) is 13.1. The lowest BCUT2D eigenvalue weighted by atomic mass is 10.2. The Morgan fingerprint density at radius 1 is 1.15 bits per heavy atom. The van der Waals surface area contributed by atoms with E-state index in [1.807, 2.05) is 60.3 Å². The van der Waals surface area contributed by atoms with Crippen molar-refractivity contribution < 1.29 is 4.79 Å². The van der Waals surface area contributed by atoms with Gasteiger partial charge in [-0.3, -0.25) is 15.1 Å². The molecule has 3 heterocycles. The molecule has 0 spiro atoms. The minimum atomic E-state index is -0.203. The van der Waals surface area contributed by atoms with Crippen LogP contribution in [0.25, 0.3) is 16.9 Å². The Morgan fingerprint density at radius 3 is 2.78 bits per heavy atom. The highest BCUT2D eigenvalue weighted by Gasteiger charge is 2.12. The molecule has 1 N–H and O–H groups in total. The lowest BCUT2D eigenvalue weighted by Crippen LogP contribution is -2.12. The van der Waals surface area contributed by atoms with Crippen LogP contribution < -0.4 is 5.32 Å². The highest BCUT2D eigenvalue weighted by atomic mass is 32.1. The zero-order valence-corrected chi connectivity index (χ0v) is 15.7. The van der Waals surface area contributed by atoms with Crippen LogP contribution in [0.4, 0.5) is 5.13 Å². The van der Waals surface area contributed by atoms with Gasteiger partial charge >= 0.3 is 0 Å². The molecule has 0 bridgehead atoms. The second kappa shape index (κ2) is 7.13. The van der Waals surface area contributed by atoms with Crippen molar-refractivity contribution in [2.75, 3.05) is 5.32 Å². The van der Waals surface area contributed by atoms with E-state index in [0.29, 0.717) is 10.7 Å². The summed E-state index contributed by atoms with van der Waals surface area (Å²) in [6.07, 6.45) is 3.47. The van der Waals surface area contributed by atoms with Gasteiger partial charge in [-0.1, -0.05) is 6.07 Å². The smallest absolute Gasteiger partial charge is 0.257 e. The number of aryl methyl sites for hydroxylation is 2. The quantitative estimate of drug-likeness (QED) is 0.578. The highest BCUT2D eigenvalue weighted by molar-refractivity contribution is 7.14. The first-order valence-electron chi connectivity index (χ1n) is 8.41. The van der Waals surface area contributed by atoms with Gasteiger partial charge in [0.15, 0.2) is 5.13 Å². The predicted molar refractivity (Wildman–Crippen MR) is 106 cm³/mol. The van der Waals surface area contributed by atoms with E-state index in [0.717, 1.165) is 28.3 Å². The van der Waals surface area contributed by atoms with E-state index >= 15 is 0 Å². The number of aromatic nitrogens is 4. The summed E-state index contributed by atoms with van der Waals surface area (Å²) in [7, 11) is 0. The van der Waals surface area contributed by atoms with E-state index in [9.17, 15) is 4.79 Å². The van der Waals surface area contributed by atoms with E-state index in [-0.39, 0.29) is 5.91 Å². The largest absolute Gasteiger partial charge is 0.298 e. The van der Waals surface area contributed by atoms with Crippen LogP contribution in [0.5, 0.6) is 0 Å². The van der Waals surface area contributed by atoms with Crippen molar-refractivity contribution in [1.29, 1.82) is 0 Å². The summed E-state index contributed by atoms with van der Waals surface area (Å²) in [4.78, 5) is 21.2. The number of carbonyl (C=O) groups is 1. The third-order valence-electron chi connectivity index (χ3n) is 4.04. The fraction of sp³-hybridized carbons (Fsp3) is 0.100. The van der Waals surface area contributed by atoms with Crippen molar-refractivity contribution in [3.05, 3.63) is 77.2 Å². The lowest BCUT2D eigenvalue weighted by Gasteiger charge is -2.07. The van der Waals surface area contributed by atoms with E-state index < -0.39 is 0 Å². The van der Waals surface area contributed by atoms with Crippen LogP contribution in [0.3, 0.4) is 0 Å². The third-order valence-corrected chi connectivity index (χ3v) is 4.80. The Bertz CT molecular complexity index is 1100. The topological polar surface area (TPSA) is 72.7 Å². The summed E-state index contributed by atoms with van der Waals surface area (Å²) in [5.41, 5.74) is 5.07. The number of carbonyl (C=O) groups excluding carboxylic acids is 1. The summed E-state index contributed by atoms with van der Waals surface area (Å²) in [5.74, 6) is -0.203. The molecule has 0 saturated carbocycles. The molecule has 0 aliphatic rings. The molecule has 4 aromatic rings. The van der Waals surface area contributed by atoms with E-state index in [1.54, 1.807) is 18.5 Å². The normalized spacial score (nSPS) is 10.7. The summed E-state index contributed by atoms with van der Waals surface area (Å²) < 4.78 is 1.83. The predicted octanol–water partition coefficient (Wildman–Crippen LogP) is 4.26. The number of benzene rings is 1. The Kier molecular flexibility index (Phi) is 4.52.